The Hall–Kier alpha value is -2.75. The van der Waals surface area contributed by atoms with Crippen LogP contribution in [0.5, 0.6) is 0 Å². The maximum atomic E-state index is 11.4. The summed E-state index contributed by atoms with van der Waals surface area (Å²) in [6.45, 7) is 0. The molecule has 0 aliphatic rings. The van der Waals surface area contributed by atoms with Crippen LogP contribution in [0.3, 0.4) is 0 Å². The van der Waals surface area contributed by atoms with E-state index >= 15 is 0 Å². The van der Waals surface area contributed by atoms with Crippen LogP contribution in [0.25, 0.3) is 11.3 Å². The van der Waals surface area contributed by atoms with Gasteiger partial charge >= 0.3 is 0 Å². The van der Waals surface area contributed by atoms with Crippen molar-refractivity contribution in [3.8, 4) is 11.3 Å². The maximum absolute atomic E-state index is 11.4. The van der Waals surface area contributed by atoms with E-state index in [1.807, 2.05) is 36.4 Å². The van der Waals surface area contributed by atoms with Crippen LogP contribution >= 0.6 is 12.2 Å². The summed E-state index contributed by atoms with van der Waals surface area (Å²) in [5.41, 5.74) is 8.18. The minimum absolute atomic E-state index is 0.00569. The monoisotopic (exact) mass is 373 g/mol. The quantitative estimate of drug-likeness (QED) is 0.603. The standard InChI is InChI=1S/C16H15N5O2S2/c17-16(24)21(12-6-8-13(9-7-12)25(18,22)23)15-10-14(19-20-15)11-4-2-1-3-5-11/h1-10H,(H2,17,24)(H,19,20)(H2,18,22,23). The molecule has 0 atom stereocenters. The molecule has 25 heavy (non-hydrogen) atoms. The van der Waals surface area contributed by atoms with Crippen LogP contribution in [0.2, 0.25) is 0 Å². The molecule has 2 aromatic carbocycles. The largest absolute Gasteiger partial charge is 0.376 e. The zero-order chi connectivity index (χ0) is 18.0. The summed E-state index contributed by atoms with van der Waals surface area (Å²) in [5, 5.41) is 12.4. The molecular formula is C16H15N5O2S2. The molecular weight excluding hydrogens is 358 g/mol. The van der Waals surface area contributed by atoms with E-state index in [0.717, 1.165) is 11.3 Å². The topological polar surface area (TPSA) is 118 Å². The van der Waals surface area contributed by atoms with E-state index in [0.29, 0.717) is 11.5 Å². The molecule has 1 aromatic heterocycles. The number of primary sulfonamides is 1. The Balaban J connectivity index is 1.97. The van der Waals surface area contributed by atoms with Gasteiger partial charge in [-0.1, -0.05) is 30.3 Å². The van der Waals surface area contributed by atoms with Gasteiger partial charge in [-0.2, -0.15) is 5.10 Å². The molecule has 0 fully saturated rings. The van der Waals surface area contributed by atoms with Crippen molar-refractivity contribution < 1.29 is 8.42 Å². The van der Waals surface area contributed by atoms with Crippen molar-refractivity contribution in [2.45, 2.75) is 4.90 Å². The summed E-state index contributed by atoms with van der Waals surface area (Å²) >= 11 is 5.12. The average Bonchev–Trinajstić information content (AvgIpc) is 3.05. The SMILES string of the molecule is NC(=S)N(c1ccc(S(N)(=O)=O)cc1)c1cc(-c2ccccc2)[nH]n1. The zero-order valence-electron chi connectivity index (χ0n) is 13.0. The van der Waals surface area contributed by atoms with Gasteiger partial charge in [-0.3, -0.25) is 10.00 Å². The van der Waals surface area contributed by atoms with Gasteiger partial charge in [0, 0.05) is 11.8 Å². The second kappa shape index (κ2) is 6.63. The molecule has 0 saturated carbocycles. The van der Waals surface area contributed by atoms with Gasteiger partial charge < -0.3 is 5.73 Å². The van der Waals surface area contributed by atoms with Crippen molar-refractivity contribution in [2.75, 3.05) is 4.90 Å². The van der Waals surface area contributed by atoms with E-state index in [9.17, 15) is 8.42 Å². The Morgan fingerprint density at radius 3 is 2.28 bits per heavy atom. The molecule has 128 valence electrons. The molecule has 0 radical (unpaired) electrons. The van der Waals surface area contributed by atoms with Crippen LogP contribution in [-0.4, -0.2) is 23.7 Å². The lowest BCUT2D eigenvalue weighted by Gasteiger charge is -2.20. The Morgan fingerprint density at radius 2 is 1.72 bits per heavy atom. The number of benzene rings is 2. The van der Waals surface area contributed by atoms with E-state index in [4.69, 9.17) is 23.1 Å². The number of hydrogen-bond donors (Lipinski definition) is 3. The van der Waals surface area contributed by atoms with Crippen molar-refractivity contribution in [1.29, 1.82) is 0 Å². The van der Waals surface area contributed by atoms with Crippen LogP contribution in [0.4, 0.5) is 11.5 Å². The third kappa shape index (κ3) is 3.68. The van der Waals surface area contributed by atoms with Gasteiger partial charge in [-0.25, -0.2) is 13.6 Å². The van der Waals surface area contributed by atoms with Crippen LogP contribution in [0.15, 0.2) is 65.6 Å². The first-order chi connectivity index (χ1) is 11.9. The highest BCUT2D eigenvalue weighted by atomic mass is 32.2. The normalized spacial score (nSPS) is 11.2. The van der Waals surface area contributed by atoms with E-state index < -0.39 is 10.0 Å². The summed E-state index contributed by atoms with van der Waals surface area (Å²) < 4.78 is 22.7. The Morgan fingerprint density at radius 1 is 1.08 bits per heavy atom. The van der Waals surface area contributed by atoms with Crippen molar-refractivity contribution in [3.63, 3.8) is 0 Å². The number of aromatic amines is 1. The summed E-state index contributed by atoms with van der Waals surface area (Å²) in [5.74, 6) is 0.495. The summed E-state index contributed by atoms with van der Waals surface area (Å²) in [4.78, 5) is 1.54. The first-order valence-electron chi connectivity index (χ1n) is 7.19. The van der Waals surface area contributed by atoms with Crippen molar-refractivity contribution >= 4 is 38.9 Å². The minimum Gasteiger partial charge on any atom is -0.376 e. The van der Waals surface area contributed by atoms with Gasteiger partial charge in [0.1, 0.15) is 0 Å². The van der Waals surface area contributed by atoms with Crippen LogP contribution in [-0.2, 0) is 10.0 Å². The molecule has 0 aliphatic carbocycles. The number of sulfonamides is 1. The summed E-state index contributed by atoms with van der Waals surface area (Å²) in [7, 11) is -3.77. The molecule has 9 heteroatoms. The molecule has 0 aliphatic heterocycles. The van der Waals surface area contributed by atoms with Gasteiger partial charge in [0.05, 0.1) is 10.6 Å². The number of rotatable bonds is 4. The fourth-order valence-corrected chi connectivity index (χ4v) is 3.06. The summed E-state index contributed by atoms with van der Waals surface area (Å²) in [6, 6.07) is 17.4. The molecule has 3 rings (SSSR count). The molecule has 3 aromatic rings. The van der Waals surface area contributed by atoms with Gasteiger partial charge in [-0.15, -0.1) is 0 Å². The third-order valence-corrected chi connectivity index (χ3v) is 4.63. The van der Waals surface area contributed by atoms with Gasteiger partial charge in [0.2, 0.25) is 10.0 Å². The predicted molar refractivity (Wildman–Crippen MR) is 101 cm³/mol. The van der Waals surface area contributed by atoms with E-state index in [1.165, 1.54) is 17.0 Å². The number of hydrogen-bond acceptors (Lipinski definition) is 4. The molecule has 7 nitrogen and oxygen atoms in total. The van der Waals surface area contributed by atoms with Crippen molar-refractivity contribution in [2.24, 2.45) is 10.9 Å². The molecule has 5 N–H and O–H groups in total. The summed E-state index contributed by atoms with van der Waals surface area (Å²) in [6.07, 6.45) is 0. The number of aromatic nitrogens is 2. The molecule has 0 bridgehead atoms. The lowest BCUT2D eigenvalue weighted by molar-refractivity contribution is 0.598. The third-order valence-electron chi connectivity index (χ3n) is 3.52. The minimum atomic E-state index is -3.77. The second-order valence-corrected chi connectivity index (χ2v) is 7.20. The van der Waals surface area contributed by atoms with Crippen LogP contribution < -0.4 is 15.8 Å². The fourth-order valence-electron chi connectivity index (χ4n) is 2.35. The van der Waals surface area contributed by atoms with Gasteiger partial charge in [0.25, 0.3) is 0 Å². The number of thiocarbonyl (C=S) groups is 1. The first-order valence-corrected chi connectivity index (χ1v) is 9.15. The highest BCUT2D eigenvalue weighted by Gasteiger charge is 2.17. The van der Waals surface area contributed by atoms with E-state index in [-0.39, 0.29) is 10.0 Å². The van der Waals surface area contributed by atoms with Gasteiger partial charge in [-0.05, 0) is 42.0 Å². The molecule has 0 unspecified atom stereocenters. The number of anilines is 2. The smallest absolute Gasteiger partial charge is 0.238 e. The Bertz CT molecular complexity index is 999. The van der Waals surface area contributed by atoms with Crippen molar-refractivity contribution in [3.05, 3.63) is 60.7 Å². The molecule has 1 heterocycles. The first kappa shape index (κ1) is 17.1. The van der Waals surface area contributed by atoms with Crippen molar-refractivity contribution in [1.82, 2.24) is 10.2 Å². The molecule has 0 saturated heterocycles. The highest BCUT2D eigenvalue weighted by molar-refractivity contribution is 7.89. The molecule has 0 spiro atoms. The fraction of sp³-hybridized carbons (Fsp3) is 0. The van der Waals surface area contributed by atoms with E-state index in [1.54, 1.807) is 12.1 Å². The predicted octanol–water partition coefficient (Wildman–Crippen LogP) is 2.11. The number of H-pyrrole nitrogens is 1. The van der Waals surface area contributed by atoms with Gasteiger partial charge in [0.15, 0.2) is 10.9 Å². The number of nitrogens with zero attached hydrogens (tertiary/aromatic N) is 2. The van der Waals surface area contributed by atoms with Crippen LogP contribution in [0, 0.1) is 0 Å². The number of nitrogens with two attached hydrogens (primary N) is 2. The number of nitrogens with one attached hydrogen (secondary N) is 1. The Labute approximate surface area is 150 Å². The average molecular weight is 373 g/mol. The van der Waals surface area contributed by atoms with E-state index in [2.05, 4.69) is 10.2 Å². The van der Waals surface area contributed by atoms with Crippen LogP contribution in [0.1, 0.15) is 0 Å². The maximum Gasteiger partial charge on any atom is 0.238 e. The lowest BCUT2D eigenvalue weighted by atomic mass is 10.1. The zero-order valence-corrected chi connectivity index (χ0v) is 14.6. The lowest BCUT2D eigenvalue weighted by Crippen LogP contribution is -2.31. The second-order valence-electron chi connectivity index (χ2n) is 5.22. The molecule has 0 amide bonds. The highest BCUT2D eigenvalue weighted by Crippen LogP contribution is 2.28. The Kier molecular flexibility index (Phi) is 4.53.